The summed E-state index contributed by atoms with van der Waals surface area (Å²) in [5.74, 6) is 0. The summed E-state index contributed by atoms with van der Waals surface area (Å²) in [6.07, 6.45) is 6.91. The van der Waals surface area contributed by atoms with Crippen LogP contribution >= 0.6 is 0 Å². The smallest absolute Gasteiger partial charge is 0.319 e. The van der Waals surface area contributed by atoms with Crippen LogP contribution in [-0.4, -0.2) is 39.4 Å². The fourth-order valence-corrected chi connectivity index (χ4v) is 2.86. The second-order valence-corrected chi connectivity index (χ2v) is 6.03. The maximum Gasteiger partial charge on any atom is 0.319 e. The number of nitrogens with one attached hydrogen (secondary N) is 2. The van der Waals surface area contributed by atoms with E-state index >= 15 is 0 Å². The van der Waals surface area contributed by atoms with Gasteiger partial charge in [0.05, 0.1) is 0 Å². The van der Waals surface area contributed by atoms with Crippen LogP contribution in [0.5, 0.6) is 0 Å². The van der Waals surface area contributed by atoms with Crippen molar-refractivity contribution in [2.45, 2.75) is 38.5 Å². The number of unbranched alkanes of at least 4 members (excludes halogenated alkanes) is 2. The molecule has 1 aromatic rings. The van der Waals surface area contributed by atoms with Crippen LogP contribution in [0.1, 0.15) is 38.5 Å². The lowest BCUT2D eigenvalue weighted by molar-refractivity contribution is 0.192. The van der Waals surface area contributed by atoms with Gasteiger partial charge < -0.3 is 20.3 Å². The van der Waals surface area contributed by atoms with Crippen LogP contribution in [0, 0.1) is 0 Å². The van der Waals surface area contributed by atoms with Gasteiger partial charge in [0.2, 0.25) is 0 Å². The Bertz CT molecular complexity index is 473. The molecule has 0 atom stereocenters. The second-order valence-electron chi connectivity index (χ2n) is 6.03. The van der Waals surface area contributed by atoms with Gasteiger partial charge in [-0.25, -0.2) is 4.79 Å². The summed E-state index contributed by atoms with van der Waals surface area (Å²) in [6.45, 7) is 3.70. The van der Waals surface area contributed by atoms with Crippen LogP contribution in [0.3, 0.4) is 0 Å². The number of carbonyl (C=O) groups is 1. The third kappa shape index (κ3) is 6.48. The summed E-state index contributed by atoms with van der Waals surface area (Å²) >= 11 is 0. The van der Waals surface area contributed by atoms with Crippen LogP contribution < -0.4 is 15.5 Å². The third-order valence-corrected chi connectivity index (χ3v) is 4.14. The first-order valence-electron chi connectivity index (χ1n) is 8.68. The summed E-state index contributed by atoms with van der Waals surface area (Å²) in [6, 6.07) is 7.98. The number of anilines is 2. The molecule has 0 aliphatic carbocycles. The fourth-order valence-electron chi connectivity index (χ4n) is 2.86. The first-order chi connectivity index (χ1) is 11.3. The van der Waals surface area contributed by atoms with Gasteiger partial charge in [0.1, 0.15) is 0 Å². The summed E-state index contributed by atoms with van der Waals surface area (Å²) in [4.78, 5) is 14.3. The highest BCUT2D eigenvalue weighted by Crippen LogP contribution is 2.22. The molecule has 5 nitrogen and oxygen atoms in total. The molecule has 1 aliphatic rings. The molecule has 0 spiro atoms. The zero-order chi connectivity index (χ0) is 16.3. The normalized spacial score (nSPS) is 14.6. The highest BCUT2D eigenvalue weighted by Gasteiger charge is 2.11. The number of methoxy groups -OCH3 is 1. The molecule has 0 unspecified atom stereocenters. The van der Waals surface area contributed by atoms with Crippen LogP contribution in [0.15, 0.2) is 24.3 Å². The molecule has 1 fully saturated rings. The second kappa shape index (κ2) is 10.1. The molecule has 0 bridgehead atoms. The number of hydrogen-bond donors (Lipinski definition) is 2. The lowest BCUT2D eigenvalue weighted by Gasteiger charge is -2.29. The Hall–Kier alpha value is -1.75. The van der Waals surface area contributed by atoms with Gasteiger partial charge in [-0.3, -0.25) is 0 Å². The standard InChI is InChI=1S/C18H29N3O2/c1-23-14-7-2-4-11-19-18(22)20-16-9-8-10-17(15-16)21-12-5-3-6-13-21/h8-10,15H,2-7,11-14H2,1H3,(H2,19,20,22). The van der Waals surface area contributed by atoms with Gasteiger partial charge >= 0.3 is 6.03 Å². The van der Waals surface area contributed by atoms with Crippen molar-refractivity contribution in [2.75, 3.05) is 43.6 Å². The Morgan fingerprint density at radius 1 is 1.17 bits per heavy atom. The lowest BCUT2D eigenvalue weighted by Crippen LogP contribution is -2.30. The van der Waals surface area contributed by atoms with E-state index in [1.165, 1.54) is 24.9 Å². The molecular weight excluding hydrogens is 290 g/mol. The molecule has 2 amide bonds. The monoisotopic (exact) mass is 319 g/mol. The van der Waals surface area contributed by atoms with Gasteiger partial charge in [-0.1, -0.05) is 6.07 Å². The van der Waals surface area contributed by atoms with E-state index in [0.29, 0.717) is 6.54 Å². The maximum atomic E-state index is 11.9. The van der Waals surface area contributed by atoms with Gasteiger partial charge in [-0.05, 0) is 56.7 Å². The van der Waals surface area contributed by atoms with Crippen molar-refractivity contribution in [3.8, 4) is 0 Å². The van der Waals surface area contributed by atoms with Gasteiger partial charge in [0, 0.05) is 44.7 Å². The van der Waals surface area contributed by atoms with Crippen molar-refractivity contribution in [3.63, 3.8) is 0 Å². The molecule has 23 heavy (non-hydrogen) atoms. The van der Waals surface area contributed by atoms with Gasteiger partial charge in [-0.2, -0.15) is 0 Å². The molecule has 2 N–H and O–H groups in total. The van der Waals surface area contributed by atoms with E-state index in [4.69, 9.17) is 4.74 Å². The first kappa shape index (κ1) is 17.6. The largest absolute Gasteiger partial charge is 0.385 e. The third-order valence-electron chi connectivity index (χ3n) is 4.14. The number of benzene rings is 1. The minimum Gasteiger partial charge on any atom is -0.385 e. The Morgan fingerprint density at radius 3 is 2.78 bits per heavy atom. The fraction of sp³-hybridized carbons (Fsp3) is 0.611. The number of urea groups is 1. The number of carbonyl (C=O) groups excluding carboxylic acids is 1. The van der Waals surface area contributed by atoms with Crippen LogP contribution in [0.2, 0.25) is 0 Å². The average Bonchev–Trinajstić information content (AvgIpc) is 2.59. The molecule has 1 aromatic carbocycles. The van der Waals surface area contributed by atoms with E-state index in [9.17, 15) is 4.79 Å². The van der Waals surface area contributed by atoms with Gasteiger partial charge in [0.15, 0.2) is 0 Å². The maximum absolute atomic E-state index is 11.9. The lowest BCUT2D eigenvalue weighted by atomic mass is 10.1. The molecular formula is C18H29N3O2. The number of rotatable bonds is 8. The minimum atomic E-state index is -0.132. The predicted molar refractivity (Wildman–Crippen MR) is 95.3 cm³/mol. The molecule has 1 aliphatic heterocycles. The quantitative estimate of drug-likeness (QED) is 0.720. The van der Waals surface area contributed by atoms with Crippen molar-refractivity contribution in [2.24, 2.45) is 0 Å². The number of piperidine rings is 1. The molecule has 2 rings (SSSR count). The minimum absolute atomic E-state index is 0.132. The molecule has 1 heterocycles. The highest BCUT2D eigenvalue weighted by atomic mass is 16.5. The van der Waals surface area contributed by atoms with E-state index in [1.807, 2.05) is 12.1 Å². The summed E-state index contributed by atoms with van der Waals surface area (Å²) in [7, 11) is 1.71. The Morgan fingerprint density at radius 2 is 2.00 bits per heavy atom. The number of ether oxygens (including phenoxy) is 1. The summed E-state index contributed by atoms with van der Waals surface area (Å²) in [5.41, 5.74) is 2.05. The number of amides is 2. The van der Waals surface area contributed by atoms with Crippen molar-refractivity contribution in [1.29, 1.82) is 0 Å². The number of nitrogens with zero attached hydrogens (tertiary/aromatic N) is 1. The molecule has 128 valence electrons. The van der Waals surface area contributed by atoms with Crippen LogP contribution in [0.4, 0.5) is 16.2 Å². The van der Waals surface area contributed by atoms with E-state index < -0.39 is 0 Å². The summed E-state index contributed by atoms with van der Waals surface area (Å²) in [5, 5.41) is 5.82. The van der Waals surface area contributed by atoms with E-state index in [1.54, 1.807) is 7.11 Å². The zero-order valence-corrected chi connectivity index (χ0v) is 14.1. The molecule has 0 saturated carbocycles. The zero-order valence-electron chi connectivity index (χ0n) is 14.1. The Kier molecular flexibility index (Phi) is 7.73. The number of hydrogen-bond acceptors (Lipinski definition) is 3. The molecule has 5 heteroatoms. The van der Waals surface area contributed by atoms with Crippen LogP contribution in [-0.2, 0) is 4.74 Å². The molecule has 0 aromatic heterocycles. The van der Waals surface area contributed by atoms with Crippen molar-refractivity contribution >= 4 is 17.4 Å². The predicted octanol–water partition coefficient (Wildman–Crippen LogP) is 3.62. The SMILES string of the molecule is COCCCCCNC(=O)Nc1cccc(N2CCCCC2)c1. The first-order valence-corrected chi connectivity index (χ1v) is 8.68. The van der Waals surface area contributed by atoms with E-state index in [2.05, 4.69) is 27.7 Å². The topological polar surface area (TPSA) is 53.6 Å². The highest BCUT2D eigenvalue weighted by molar-refractivity contribution is 5.89. The van der Waals surface area contributed by atoms with Gasteiger partial charge in [0.25, 0.3) is 0 Å². The molecule has 0 radical (unpaired) electrons. The van der Waals surface area contributed by atoms with Gasteiger partial charge in [-0.15, -0.1) is 0 Å². The molecule has 1 saturated heterocycles. The van der Waals surface area contributed by atoms with Crippen LogP contribution in [0.25, 0.3) is 0 Å². The Labute approximate surface area is 139 Å². The van der Waals surface area contributed by atoms with Crippen molar-refractivity contribution < 1.29 is 9.53 Å². The van der Waals surface area contributed by atoms with Crippen molar-refractivity contribution in [3.05, 3.63) is 24.3 Å². The summed E-state index contributed by atoms with van der Waals surface area (Å²) < 4.78 is 5.01. The Balaban J connectivity index is 1.72. The average molecular weight is 319 g/mol. The van der Waals surface area contributed by atoms with E-state index in [-0.39, 0.29) is 6.03 Å². The van der Waals surface area contributed by atoms with E-state index in [0.717, 1.165) is 44.6 Å². The van der Waals surface area contributed by atoms with Crippen molar-refractivity contribution in [1.82, 2.24) is 5.32 Å².